The van der Waals surface area contributed by atoms with Crippen molar-refractivity contribution in [1.82, 2.24) is 20.2 Å². The van der Waals surface area contributed by atoms with Crippen molar-refractivity contribution in [1.29, 1.82) is 5.26 Å². The standard InChI is InChI=1S/C18H18N6O/c1-14-6-7-16(11-18(14)24-13-21-22-23-24)20-8-3-9-25-17-5-2-4-15(10-17)12-19/h2,4-7,10-11,13,20H,3,8-9H2,1H3. The molecule has 1 heterocycles. The van der Waals surface area contributed by atoms with Crippen LogP contribution in [-0.4, -0.2) is 33.4 Å². The maximum absolute atomic E-state index is 8.88. The maximum Gasteiger partial charge on any atom is 0.143 e. The number of anilines is 1. The van der Waals surface area contributed by atoms with Crippen molar-refractivity contribution >= 4 is 5.69 Å². The fourth-order valence-electron chi connectivity index (χ4n) is 2.39. The van der Waals surface area contributed by atoms with E-state index in [-0.39, 0.29) is 0 Å². The van der Waals surface area contributed by atoms with Crippen molar-refractivity contribution in [3.63, 3.8) is 0 Å². The number of benzene rings is 2. The van der Waals surface area contributed by atoms with Gasteiger partial charge in [-0.05, 0) is 59.7 Å². The molecule has 25 heavy (non-hydrogen) atoms. The molecule has 0 fully saturated rings. The molecule has 0 spiro atoms. The molecule has 0 radical (unpaired) electrons. The normalized spacial score (nSPS) is 10.2. The third kappa shape index (κ3) is 4.32. The summed E-state index contributed by atoms with van der Waals surface area (Å²) in [6.07, 6.45) is 2.42. The molecule has 3 aromatic rings. The van der Waals surface area contributed by atoms with Gasteiger partial charge in [0.1, 0.15) is 12.1 Å². The minimum absolute atomic E-state index is 0.577. The van der Waals surface area contributed by atoms with Crippen LogP contribution in [0.5, 0.6) is 5.75 Å². The highest BCUT2D eigenvalue weighted by Crippen LogP contribution is 2.18. The van der Waals surface area contributed by atoms with Crippen LogP contribution in [0.4, 0.5) is 5.69 Å². The van der Waals surface area contributed by atoms with E-state index in [4.69, 9.17) is 10.00 Å². The molecular formula is C18H18N6O. The molecular weight excluding hydrogens is 316 g/mol. The molecule has 1 N–H and O–H groups in total. The molecule has 0 saturated carbocycles. The minimum atomic E-state index is 0.577. The molecule has 0 atom stereocenters. The molecule has 2 aromatic carbocycles. The van der Waals surface area contributed by atoms with Gasteiger partial charge in [0.15, 0.2) is 0 Å². The average Bonchev–Trinajstić information content (AvgIpc) is 3.17. The summed E-state index contributed by atoms with van der Waals surface area (Å²) in [5, 5.41) is 23.5. The van der Waals surface area contributed by atoms with Crippen LogP contribution in [0.1, 0.15) is 17.5 Å². The van der Waals surface area contributed by atoms with Crippen LogP contribution >= 0.6 is 0 Å². The van der Waals surface area contributed by atoms with Gasteiger partial charge in [-0.3, -0.25) is 0 Å². The van der Waals surface area contributed by atoms with E-state index in [0.29, 0.717) is 12.2 Å². The number of nitriles is 1. The zero-order chi connectivity index (χ0) is 17.5. The monoisotopic (exact) mass is 334 g/mol. The van der Waals surface area contributed by atoms with E-state index in [1.807, 2.05) is 37.3 Å². The first-order valence-electron chi connectivity index (χ1n) is 7.97. The molecule has 0 saturated heterocycles. The number of rotatable bonds is 7. The first kappa shape index (κ1) is 16.5. The Labute approximate surface area is 145 Å². The Hall–Kier alpha value is -3.40. The van der Waals surface area contributed by atoms with Crippen LogP contribution in [0, 0.1) is 18.3 Å². The van der Waals surface area contributed by atoms with Crippen molar-refractivity contribution in [3.8, 4) is 17.5 Å². The lowest BCUT2D eigenvalue weighted by Crippen LogP contribution is -2.08. The van der Waals surface area contributed by atoms with Gasteiger partial charge >= 0.3 is 0 Å². The Morgan fingerprint density at radius 1 is 1.24 bits per heavy atom. The van der Waals surface area contributed by atoms with Crippen LogP contribution < -0.4 is 10.1 Å². The van der Waals surface area contributed by atoms with Crippen molar-refractivity contribution in [2.45, 2.75) is 13.3 Å². The number of aryl methyl sites for hydroxylation is 1. The first-order valence-corrected chi connectivity index (χ1v) is 7.97. The molecule has 7 nitrogen and oxygen atoms in total. The Bertz CT molecular complexity index is 870. The Kier molecular flexibility index (Phi) is 5.22. The lowest BCUT2D eigenvalue weighted by atomic mass is 10.2. The van der Waals surface area contributed by atoms with E-state index >= 15 is 0 Å². The summed E-state index contributed by atoms with van der Waals surface area (Å²) >= 11 is 0. The number of nitrogens with zero attached hydrogens (tertiary/aromatic N) is 5. The van der Waals surface area contributed by atoms with E-state index in [1.165, 1.54) is 0 Å². The summed E-state index contributed by atoms with van der Waals surface area (Å²) in [5.74, 6) is 0.718. The third-order valence-electron chi connectivity index (χ3n) is 3.69. The van der Waals surface area contributed by atoms with Crippen LogP contribution in [0.25, 0.3) is 5.69 Å². The number of nitrogens with one attached hydrogen (secondary N) is 1. The summed E-state index contributed by atoms with van der Waals surface area (Å²) in [4.78, 5) is 0. The van der Waals surface area contributed by atoms with Gasteiger partial charge in [-0.25, -0.2) is 4.68 Å². The van der Waals surface area contributed by atoms with Crippen LogP contribution in [-0.2, 0) is 0 Å². The predicted molar refractivity (Wildman–Crippen MR) is 93.6 cm³/mol. The van der Waals surface area contributed by atoms with Gasteiger partial charge in [-0.15, -0.1) is 5.10 Å². The Morgan fingerprint density at radius 3 is 2.96 bits per heavy atom. The van der Waals surface area contributed by atoms with E-state index in [0.717, 1.165) is 35.7 Å². The van der Waals surface area contributed by atoms with Crippen molar-refractivity contribution in [2.75, 3.05) is 18.5 Å². The van der Waals surface area contributed by atoms with Gasteiger partial charge in [-0.1, -0.05) is 12.1 Å². The minimum Gasteiger partial charge on any atom is -0.493 e. The van der Waals surface area contributed by atoms with E-state index in [1.54, 1.807) is 23.1 Å². The molecule has 126 valence electrons. The smallest absolute Gasteiger partial charge is 0.143 e. The molecule has 1 aromatic heterocycles. The zero-order valence-corrected chi connectivity index (χ0v) is 13.9. The number of ether oxygens (including phenoxy) is 1. The van der Waals surface area contributed by atoms with Crippen LogP contribution in [0.3, 0.4) is 0 Å². The Morgan fingerprint density at radius 2 is 2.16 bits per heavy atom. The lowest BCUT2D eigenvalue weighted by molar-refractivity contribution is 0.315. The van der Waals surface area contributed by atoms with Gasteiger partial charge < -0.3 is 10.1 Å². The Balaban J connectivity index is 1.49. The second-order valence-corrected chi connectivity index (χ2v) is 5.52. The lowest BCUT2D eigenvalue weighted by Gasteiger charge is -2.11. The van der Waals surface area contributed by atoms with E-state index in [9.17, 15) is 0 Å². The van der Waals surface area contributed by atoms with Crippen LogP contribution in [0.15, 0.2) is 48.8 Å². The number of aromatic nitrogens is 4. The van der Waals surface area contributed by atoms with Crippen LogP contribution in [0.2, 0.25) is 0 Å². The van der Waals surface area contributed by atoms with Gasteiger partial charge in [0, 0.05) is 12.2 Å². The van der Waals surface area contributed by atoms with Crippen molar-refractivity contribution in [3.05, 3.63) is 59.9 Å². The zero-order valence-electron chi connectivity index (χ0n) is 13.9. The fraction of sp³-hybridized carbons (Fsp3) is 0.222. The number of hydrogen-bond donors (Lipinski definition) is 1. The predicted octanol–water partition coefficient (Wildman–Crippen LogP) is 2.72. The molecule has 0 amide bonds. The quantitative estimate of drug-likeness (QED) is 0.668. The largest absolute Gasteiger partial charge is 0.493 e. The maximum atomic E-state index is 8.88. The molecule has 0 aliphatic carbocycles. The summed E-state index contributed by atoms with van der Waals surface area (Å²) in [7, 11) is 0. The molecule has 0 aliphatic rings. The number of tetrazole rings is 1. The fourth-order valence-corrected chi connectivity index (χ4v) is 2.39. The second-order valence-electron chi connectivity index (χ2n) is 5.52. The summed E-state index contributed by atoms with van der Waals surface area (Å²) < 4.78 is 7.31. The highest BCUT2D eigenvalue weighted by molar-refractivity contribution is 5.54. The molecule has 0 unspecified atom stereocenters. The van der Waals surface area contributed by atoms with Gasteiger partial charge in [0.2, 0.25) is 0 Å². The van der Waals surface area contributed by atoms with Crippen molar-refractivity contribution < 1.29 is 4.74 Å². The second kappa shape index (κ2) is 7.93. The SMILES string of the molecule is Cc1ccc(NCCCOc2cccc(C#N)c2)cc1-n1cnnn1. The summed E-state index contributed by atoms with van der Waals surface area (Å²) in [5.41, 5.74) is 3.64. The molecule has 3 rings (SSSR count). The van der Waals surface area contributed by atoms with Crippen molar-refractivity contribution in [2.24, 2.45) is 0 Å². The van der Waals surface area contributed by atoms with Gasteiger partial charge in [0.25, 0.3) is 0 Å². The molecule has 0 bridgehead atoms. The van der Waals surface area contributed by atoms with Gasteiger partial charge in [-0.2, -0.15) is 5.26 Å². The third-order valence-corrected chi connectivity index (χ3v) is 3.69. The number of hydrogen-bond acceptors (Lipinski definition) is 6. The van der Waals surface area contributed by atoms with Gasteiger partial charge in [0.05, 0.1) is 23.9 Å². The molecule has 7 heteroatoms. The van der Waals surface area contributed by atoms with E-state index < -0.39 is 0 Å². The topological polar surface area (TPSA) is 88.6 Å². The first-order chi connectivity index (χ1) is 12.3. The molecule has 0 aliphatic heterocycles. The van der Waals surface area contributed by atoms with E-state index in [2.05, 4.69) is 26.9 Å². The summed E-state index contributed by atoms with van der Waals surface area (Å²) in [6.45, 7) is 3.37. The summed E-state index contributed by atoms with van der Waals surface area (Å²) in [6, 6.07) is 15.4. The highest BCUT2D eigenvalue weighted by atomic mass is 16.5. The average molecular weight is 334 g/mol. The highest BCUT2D eigenvalue weighted by Gasteiger charge is 2.04.